The Kier molecular flexibility index (Phi) is 2.30. The van der Waals surface area contributed by atoms with Crippen LogP contribution >= 0.6 is 0 Å². The van der Waals surface area contributed by atoms with Gasteiger partial charge in [-0.05, 0) is 17.7 Å². The van der Waals surface area contributed by atoms with Crippen molar-refractivity contribution in [1.29, 1.82) is 0 Å². The summed E-state index contributed by atoms with van der Waals surface area (Å²) in [6.07, 6.45) is 0. The molecule has 4 aromatic rings. The van der Waals surface area contributed by atoms with E-state index in [9.17, 15) is 5.11 Å². The van der Waals surface area contributed by atoms with E-state index < -0.39 is 0 Å². The Balaban J connectivity index is 2.14. The second-order valence-electron chi connectivity index (χ2n) is 4.92. The summed E-state index contributed by atoms with van der Waals surface area (Å²) < 4.78 is 0. The average Bonchev–Trinajstić information content (AvgIpc) is 2.88. The zero-order valence-electron chi connectivity index (χ0n) is 10.8. The van der Waals surface area contributed by atoms with Crippen LogP contribution in [0.5, 0.6) is 5.75 Å². The van der Waals surface area contributed by atoms with Crippen molar-refractivity contribution in [3.63, 3.8) is 0 Å². The predicted octanol–water partition coefficient (Wildman–Crippen LogP) is 4.69. The Bertz CT molecular complexity index is 907. The number of aromatic amines is 1. The zero-order chi connectivity index (χ0) is 13.5. The Morgan fingerprint density at radius 1 is 0.750 bits per heavy atom. The van der Waals surface area contributed by atoms with E-state index in [1.54, 1.807) is 6.07 Å². The zero-order valence-corrected chi connectivity index (χ0v) is 10.8. The minimum Gasteiger partial charge on any atom is -0.507 e. The summed E-state index contributed by atoms with van der Waals surface area (Å²) in [5.41, 5.74) is 4.35. The minimum absolute atomic E-state index is 0.318. The highest BCUT2D eigenvalue weighted by atomic mass is 16.3. The van der Waals surface area contributed by atoms with Gasteiger partial charge in [-0.25, -0.2) is 0 Å². The lowest BCUT2D eigenvalue weighted by Gasteiger charge is -2.03. The number of aromatic hydroxyl groups is 1. The summed E-state index contributed by atoms with van der Waals surface area (Å²) >= 11 is 0. The molecule has 0 spiro atoms. The molecule has 3 aromatic carbocycles. The molecular weight excluding hydrogens is 246 g/mol. The molecule has 0 unspecified atom stereocenters. The number of H-pyrrole nitrogens is 1. The maximum atomic E-state index is 10.1. The van der Waals surface area contributed by atoms with Crippen molar-refractivity contribution in [3.05, 3.63) is 66.7 Å². The highest BCUT2D eigenvalue weighted by molar-refractivity contribution is 6.14. The van der Waals surface area contributed by atoms with Crippen LogP contribution in [0, 0.1) is 0 Å². The second-order valence-corrected chi connectivity index (χ2v) is 4.92. The Labute approximate surface area is 116 Å². The number of hydrogen-bond acceptors (Lipinski definition) is 1. The summed E-state index contributed by atoms with van der Waals surface area (Å²) in [6.45, 7) is 0. The van der Waals surface area contributed by atoms with Gasteiger partial charge in [-0.3, -0.25) is 0 Å². The van der Waals surface area contributed by atoms with Crippen LogP contribution in [-0.2, 0) is 0 Å². The summed E-state index contributed by atoms with van der Waals surface area (Å²) in [4.78, 5) is 3.43. The molecule has 1 heterocycles. The SMILES string of the molecule is Oc1cccc2[nH]c3c(-c4ccccc4)cccc3c12. The Morgan fingerprint density at radius 3 is 2.40 bits per heavy atom. The molecule has 2 heteroatoms. The quantitative estimate of drug-likeness (QED) is 0.511. The summed E-state index contributed by atoms with van der Waals surface area (Å²) in [5, 5.41) is 12.0. The summed E-state index contributed by atoms with van der Waals surface area (Å²) in [5.74, 6) is 0.318. The third-order valence-corrected chi connectivity index (χ3v) is 3.72. The number of aromatic nitrogens is 1. The van der Waals surface area contributed by atoms with Gasteiger partial charge in [-0.2, -0.15) is 0 Å². The van der Waals surface area contributed by atoms with E-state index in [-0.39, 0.29) is 0 Å². The maximum absolute atomic E-state index is 10.1. The molecular formula is C18H13NO. The first kappa shape index (κ1) is 11.1. The van der Waals surface area contributed by atoms with Crippen LogP contribution in [0.3, 0.4) is 0 Å². The van der Waals surface area contributed by atoms with Gasteiger partial charge in [0.2, 0.25) is 0 Å². The topological polar surface area (TPSA) is 36.0 Å². The first-order chi connectivity index (χ1) is 9.84. The average molecular weight is 259 g/mol. The van der Waals surface area contributed by atoms with Crippen molar-refractivity contribution in [2.24, 2.45) is 0 Å². The molecule has 4 rings (SSSR count). The van der Waals surface area contributed by atoms with Crippen molar-refractivity contribution < 1.29 is 5.11 Å². The fraction of sp³-hybridized carbons (Fsp3) is 0. The molecule has 0 atom stereocenters. The minimum atomic E-state index is 0.318. The normalized spacial score (nSPS) is 11.2. The van der Waals surface area contributed by atoms with Crippen molar-refractivity contribution >= 4 is 21.8 Å². The van der Waals surface area contributed by atoms with Gasteiger partial charge >= 0.3 is 0 Å². The predicted molar refractivity (Wildman–Crippen MR) is 82.9 cm³/mol. The molecule has 1 aromatic heterocycles. The highest BCUT2D eigenvalue weighted by Crippen LogP contribution is 2.36. The molecule has 0 aliphatic carbocycles. The lowest BCUT2D eigenvalue weighted by Crippen LogP contribution is -1.79. The maximum Gasteiger partial charge on any atom is 0.125 e. The molecule has 0 amide bonds. The van der Waals surface area contributed by atoms with E-state index in [1.807, 2.05) is 42.5 Å². The molecule has 20 heavy (non-hydrogen) atoms. The van der Waals surface area contributed by atoms with Gasteiger partial charge < -0.3 is 10.1 Å². The molecule has 0 saturated carbocycles. The van der Waals surface area contributed by atoms with Gasteiger partial charge in [0, 0.05) is 16.3 Å². The lowest BCUT2D eigenvalue weighted by atomic mass is 10.0. The second kappa shape index (κ2) is 4.14. The molecule has 0 bridgehead atoms. The largest absolute Gasteiger partial charge is 0.507 e. The third-order valence-electron chi connectivity index (χ3n) is 3.72. The molecule has 0 radical (unpaired) electrons. The first-order valence-electron chi connectivity index (χ1n) is 6.62. The molecule has 0 fully saturated rings. The lowest BCUT2D eigenvalue weighted by molar-refractivity contribution is 0.482. The van der Waals surface area contributed by atoms with Crippen LogP contribution in [0.2, 0.25) is 0 Å². The van der Waals surface area contributed by atoms with E-state index >= 15 is 0 Å². The highest BCUT2D eigenvalue weighted by Gasteiger charge is 2.11. The van der Waals surface area contributed by atoms with Crippen LogP contribution in [0.4, 0.5) is 0 Å². The van der Waals surface area contributed by atoms with Crippen molar-refractivity contribution in [1.82, 2.24) is 4.98 Å². The van der Waals surface area contributed by atoms with Gasteiger partial charge in [0.25, 0.3) is 0 Å². The van der Waals surface area contributed by atoms with E-state index in [1.165, 1.54) is 5.56 Å². The summed E-state index contributed by atoms with van der Waals surface area (Å²) in [7, 11) is 0. The van der Waals surface area contributed by atoms with Gasteiger partial charge in [-0.1, -0.05) is 54.6 Å². The molecule has 96 valence electrons. The molecule has 0 aliphatic rings. The number of nitrogens with one attached hydrogen (secondary N) is 1. The van der Waals surface area contributed by atoms with Crippen LogP contribution in [0.15, 0.2) is 66.7 Å². The number of phenolic OH excluding ortho intramolecular Hbond substituents is 1. The van der Waals surface area contributed by atoms with Crippen molar-refractivity contribution in [2.45, 2.75) is 0 Å². The Hall–Kier alpha value is -2.74. The third kappa shape index (κ3) is 1.51. The fourth-order valence-corrected chi connectivity index (χ4v) is 2.82. The first-order valence-corrected chi connectivity index (χ1v) is 6.62. The van der Waals surface area contributed by atoms with Gasteiger partial charge in [0.1, 0.15) is 5.75 Å². The van der Waals surface area contributed by atoms with Crippen molar-refractivity contribution in [2.75, 3.05) is 0 Å². The van der Waals surface area contributed by atoms with E-state index in [0.717, 1.165) is 27.4 Å². The van der Waals surface area contributed by atoms with E-state index in [4.69, 9.17) is 0 Å². The molecule has 2 N–H and O–H groups in total. The van der Waals surface area contributed by atoms with Gasteiger partial charge in [0.15, 0.2) is 0 Å². The number of hydrogen-bond donors (Lipinski definition) is 2. The molecule has 0 saturated heterocycles. The standard InChI is InChI=1S/C18H13NO/c20-16-11-5-10-15-17(16)14-9-4-8-13(18(14)19-15)12-6-2-1-3-7-12/h1-11,19-20H. The van der Waals surface area contributed by atoms with E-state index in [0.29, 0.717) is 5.75 Å². The van der Waals surface area contributed by atoms with Crippen LogP contribution < -0.4 is 0 Å². The van der Waals surface area contributed by atoms with Crippen LogP contribution in [0.25, 0.3) is 32.9 Å². The van der Waals surface area contributed by atoms with Crippen LogP contribution in [-0.4, -0.2) is 10.1 Å². The van der Waals surface area contributed by atoms with Gasteiger partial charge in [-0.15, -0.1) is 0 Å². The number of benzene rings is 3. The Morgan fingerprint density at radius 2 is 1.55 bits per heavy atom. The monoisotopic (exact) mass is 259 g/mol. The number of para-hydroxylation sites is 1. The van der Waals surface area contributed by atoms with E-state index in [2.05, 4.69) is 23.2 Å². The number of rotatable bonds is 1. The summed E-state index contributed by atoms with van der Waals surface area (Å²) in [6, 6.07) is 22.0. The number of phenols is 1. The number of fused-ring (bicyclic) bond motifs is 3. The fourth-order valence-electron chi connectivity index (χ4n) is 2.82. The smallest absolute Gasteiger partial charge is 0.125 e. The molecule has 0 aliphatic heterocycles. The van der Waals surface area contributed by atoms with Gasteiger partial charge in [0.05, 0.1) is 11.0 Å². The van der Waals surface area contributed by atoms with Crippen molar-refractivity contribution in [3.8, 4) is 16.9 Å². The molecule has 2 nitrogen and oxygen atoms in total. The van der Waals surface area contributed by atoms with Crippen LogP contribution in [0.1, 0.15) is 0 Å².